The summed E-state index contributed by atoms with van der Waals surface area (Å²) in [5.74, 6) is 0.0846. The quantitative estimate of drug-likeness (QED) is 0.439. The Morgan fingerprint density at radius 2 is 1.53 bits per heavy atom. The van der Waals surface area contributed by atoms with Gasteiger partial charge in [0.05, 0.1) is 16.8 Å². The van der Waals surface area contributed by atoms with Crippen molar-refractivity contribution >= 4 is 22.5 Å². The first-order chi connectivity index (χ1) is 15.6. The molecule has 3 aromatic carbocycles. The van der Waals surface area contributed by atoms with Crippen molar-refractivity contribution in [2.45, 2.75) is 13.8 Å². The van der Waals surface area contributed by atoms with Crippen LogP contribution in [0.2, 0.25) is 0 Å². The molecule has 2 heterocycles. The Hall–Kier alpha value is -3.66. The Balaban J connectivity index is 1.43. The van der Waals surface area contributed by atoms with Crippen molar-refractivity contribution in [1.29, 1.82) is 0 Å². The molecule has 1 aromatic heterocycles. The molecule has 1 saturated heterocycles. The van der Waals surface area contributed by atoms with Crippen molar-refractivity contribution in [3.05, 3.63) is 95.6 Å². The fourth-order valence-electron chi connectivity index (χ4n) is 4.51. The van der Waals surface area contributed by atoms with Gasteiger partial charge < -0.3 is 9.80 Å². The number of hydrogen-bond acceptors (Lipinski definition) is 3. The number of aryl methyl sites for hydroxylation is 1. The lowest BCUT2D eigenvalue weighted by molar-refractivity contribution is 0.0748. The highest BCUT2D eigenvalue weighted by atomic mass is 16.2. The number of piperazine rings is 1. The van der Waals surface area contributed by atoms with Gasteiger partial charge in [0.2, 0.25) is 0 Å². The highest BCUT2D eigenvalue weighted by molar-refractivity contribution is 6.07. The van der Waals surface area contributed by atoms with Gasteiger partial charge in [0, 0.05) is 42.8 Å². The largest absolute Gasteiger partial charge is 0.368 e. The first-order valence-electron chi connectivity index (χ1n) is 11.2. The molecule has 0 unspecified atom stereocenters. The van der Waals surface area contributed by atoms with Gasteiger partial charge in [-0.3, -0.25) is 4.79 Å². The maximum atomic E-state index is 13.6. The Kier molecular flexibility index (Phi) is 5.36. The van der Waals surface area contributed by atoms with Crippen LogP contribution < -0.4 is 4.90 Å². The summed E-state index contributed by atoms with van der Waals surface area (Å²) >= 11 is 0. The first kappa shape index (κ1) is 20.3. The third kappa shape index (κ3) is 3.73. The molecular weight excluding hydrogens is 394 g/mol. The molecule has 0 saturated carbocycles. The zero-order valence-electron chi connectivity index (χ0n) is 18.6. The summed E-state index contributed by atoms with van der Waals surface area (Å²) in [5, 5.41) is 0.911. The van der Waals surface area contributed by atoms with Crippen molar-refractivity contribution in [3.63, 3.8) is 0 Å². The second-order valence-corrected chi connectivity index (χ2v) is 8.44. The fraction of sp³-hybridized carbons (Fsp3) is 0.214. The number of nitrogens with zero attached hydrogens (tertiary/aromatic N) is 3. The third-order valence-electron chi connectivity index (χ3n) is 6.50. The van der Waals surface area contributed by atoms with Crippen LogP contribution in [0.15, 0.2) is 78.9 Å². The Morgan fingerprint density at radius 1 is 0.812 bits per heavy atom. The standard InChI is InChI=1S/C28H27N3O/c1-20-9-8-14-27(21(20)2)30-15-17-31(18-16-30)28(32)24-19-26(22-10-4-3-5-11-22)29-25-13-7-6-12-23(24)25/h3-14,19H,15-18H2,1-2H3. The lowest BCUT2D eigenvalue weighted by atomic mass is 10.0. The predicted octanol–water partition coefficient (Wildman–Crippen LogP) is 5.48. The summed E-state index contributed by atoms with van der Waals surface area (Å²) in [4.78, 5) is 22.8. The van der Waals surface area contributed by atoms with Crippen molar-refractivity contribution in [3.8, 4) is 11.3 Å². The number of carbonyl (C=O) groups excluding carboxylic acids is 1. The average molecular weight is 422 g/mol. The van der Waals surface area contributed by atoms with Gasteiger partial charge in [0.15, 0.2) is 0 Å². The molecule has 4 nitrogen and oxygen atoms in total. The molecule has 1 aliphatic rings. The molecule has 160 valence electrons. The van der Waals surface area contributed by atoms with Crippen molar-refractivity contribution in [2.24, 2.45) is 0 Å². The van der Waals surface area contributed by atoms with Crippen LogP contribution in [-0.4, -0.2) is 42.0 Å². The minimum Gasteiger partial charge on any atom is -0.368 e. The van der Waals surface area contributed by atoms with E-state index in [-0.39, 0.29) is 5.91 Å². The zero-order chi connectivity index (χ0) is 22.1. The van der Waals surface area contributed by atoms with Crippen LogP contribution in [0.5, 0.6) is 0 Å². The molecule has 0 bridgehead atoms. The summed E-state index contributed by atoms with van der Waals surface area (Å²) in [7, 11) is 0. The van der Waals surface area contributed by atoms with Crippen LogP contribution in [-0.2, 0) is 0 Å². The second-order valence-electron chi connectivity index (χ2n) is 8.44. The van der Waals surface area contributed by atoms with E-state index in [0.29, 0.717) is 13.1 Å². The fourth-order valence-corrected chi connectivity index (χ4v) is 4.51. The zero-order valence-corrected chi connectivity index (χ0v) is 18.6. The number of hydrogen-bond donors (Lipinski definition) is 0. The molecule has 0 atom stereocenters. The van der Waals surface area contributed by atoms with Crippen LogP contribution in [0.4, 0.5) is 5.69 Å². The number of anilines is 1. The van der Waals surface area contributed by atoms with Crippen molar-refractivity contribution in [2.75, 3.05) is 31.1 Å². The molecule has 1 fully saturated rings. The van der Waals surface area contributed by atoms with E-state index in [4.69, 9.17) is 4.98 Å². The molecule has 0 aliphatic carbocycles. The van der Waals surface area contributed by atoms with Crippen molar-refractivity contribution in [1.82, 2.24) is 9.88 Å². The highest BCUT2D eigenvalue weighted by Crippen LogP contribution is 2.27. The van der Waals surface area contributed by atoms with E-state index in [2.05, 4.69) is 36.9 Å². The molecule has 4 heteroatoms. The molecule has 4 aromatic rings. The van der Waals surface area contributed by atoms with Gasteiger partial charge in [-0.05, 0) is 43.2 Å². The van der Waals surface area contributed by atoms with E-state index in [1.807, 2.05) is 65.6 Å². The lowest BCUT2D eigenvalue weighted by Crippen LogP contribution is -2.49. The van der Waals surface area contributed by atoms with Gasteiger partial charge in [0.25, 0.3) is 5.91 Å². The normalized spacial score (nSPS) is 14.1. The first-order valence-corrected chi connectivity index (χ1v) is 11.2. The number of para-hydroxylation sites is 1. The molecule has 1 aliphatic heterocycles. The molecule has 0 radical (unpaired) electrons. The summed E-state index contributed by atoms with van der Waals surface area (Å²) in [6.45, 7) is 7.43. The van der Waals surface area contributed by atoms with Gasteiger partial charge in [0.1, 0.15) is 0 Å². The highest BCUT2D eigenvalue weighted by Gasteiger charge is 2.25. The van der Waals surface area contributed by atoms with Gasteiger partial charge in [-0.25, -0.2) is 4.98 Å². The maximum Gasteiger partial charge on any atom is 0.254 e. The smallest absolute Gasteiger partial charge is 0.254 e. The molecule has 0 spiro atoms. The lowest BCUT2D eigenvalue weighted by Gasteiger charge is -2.37. The molecule has 0 N–H and O–H groups in total. The number of pyridine rings is 1. The van der Waals surface area contributed by atoms with E-state index in [1.165, 1.54) is 16.8 Å². The van der Waals surface area contributed by atoms with Gasteiger partial charge >= 0.3 is 0 Å². The minimum atomic E-state index is 0.0846. The summed E-state index contributed by atoms with van der Waals surface area (Å²) in [6.07, 6.45) is 0. The minimum absolute atomic E-state index is 0.0846. The van der Waals surface area contributed by atoms with E-state index < -0.39 is 0 Å². The van der Waals surface area contributed by atoms with Gasteiger partial charge in [-0.15, -0.1) is 0 Å². The number of fused-ring (bicyclic) bond motifs is 1. The molecule has 1 amide bonds. The van der Waals surface area contributed by atoms with Crippen LogP contribution in [0.3, 0.4) is 0 Å². The number of aromatic nitrogens is 1. The van der Waals surface area contributed by atoms with Crippen LogP contribution in [0, 0.1) is 13.8 Å². The summed E-state index contributed by atoms with van der Waals surface area (Å²) in [5.41, 5.74) is 7.34. The van der Waals surface area contributed by atoms with Crippen LogP contribution in [0.1, 0.15) is 21.5 Å². The van der Waals surface area contributed by atoms with Crippen LogP contribution in [0.25, 0.3) is 22.2 Å². The summed E-state index contributed by atoms with van der Waals surface area (Å²) < 4.78 is 0. The number of benzene rings is 3. The van der Waals surface area contributed by atoms with Gasteiger partial charge in [-0.1, -0.05) is 60.7 Å². The Labute approximate surface area is 189 Å². The van der Waals surface area contributed by atoms with Crippen molar-refractivity contribution < 1.29 is 4.79 Å². The maximum absolute atomic E-state index is 13.6. The van der Waals surface area contributed by atoms with E-state index in [0.717, 1.165) is 40.8 Å². The Bertz CT molecular complexity index is 1270. The monoisotopic (exact) mass is 421 g/mol. The Morgan fingerprint density at radius 3 is 2.31 bits per heavy atom. The molecular formula is C28H27N3O. The number of rotatable bonds is 3. The molecule has 5 rings (SSSR count). The van der Waals surface area contributed by atoms with E-state index in [1.54, 1.807) is 0 Å². The van der Waals surface area contributed by atoms with Crippen LogP contribution >= 0.6 is 0 Å². The number of carbonyl (C=O) groups is 1. The van der Waals surface area contributed by atoms with E-state index in [9.17, 15) is 4.79 Å². The topological polar surface area (TPSA) is 36.4 Å². The molecule has 32 heavy (non-hydrogen) atoms. The van der Waals surface area contributed by atoms with E-state index >= 15 is 0 Å². The number of amides is 1. The van der Waals surface area contributed by atoms with Gasteiger partial charge in [-0.2, -0.15) is 0 Å². The third-order valence-corrected chi connectivity index (χ3v) is 6.50. The summed E-state index contributed by atoms with van der Waals surface area (Å²) in [6, 6.07) is 26.4. The predicted molar refractivity (Wildman–Crippen MR) is 131 cm³/mol. The average Bonchev–Trinajstić information content (AvgIpc) is 2.85. The second kappa shape index (κ2) is 8.46. The SMILES string of the molecule is Cc1cccc(N2CCN(C(=O)c3cc(-c4ccccc4)nc4ccccc34)CC2)c1C.